The highest BCUT2D eigenvalue weighted by Crippen LogP contribution is 2.26. The topological polar surface area (TPSA) is 43.4 Å². The molecule has 1 rings (SSSR count). The minimum Gasteiger partial charge on any atom is -0.405 e. The summed E-state index contributed by atoms with van der Waals surface area (Å²) in [5.74, 6) is -0.953. The Morgan fingerprint density at radius 3 is 2.33 bits per heavy atom. The van der Waals surface area contributed by atoms with Crippen LogP contribution >= 0.6 is 0 Å². The van der Waals surface area contributed by atoms with Gasteiger partial charge in [-0.2, -0.15) is 0 Å². The van der Waals surface area contributed by atoms with Crippen molar-refractivity contribution in [3.63, 3.8) is 0 Å². The third-order valence-electron chi connectivity index (χ3n) is 1.50. The monoisotopic (exact) mass is 240 g/mol. The van der Waals surface area contributed by atoms with Crippen LogP contribution in [0.1, 0.15) is 5.56 Å². The van der Waals surface area contributed by atoms with Gasteiger partial charge in [-0.3, -0.25) is 0 Å². The van der Waals surface area contributed by atoms with Crippen LogP contribution < -0.4 is 4.74 Å². The Bertz CT molecular complexity index is 404. The van der Waals surface area contributed by atoms with Gasteiger partial charge in [0, 0.05) is 5.56 Å². The zero-order valence-corrected chi connectivity index (χ0v) is 8.22. The van der Waals surface area contributed by atoms with E-state index in [-0.39, 0.29) is 5.56 Å². The first-order chi connectivity index (χ1) is 6.88. The van der Waals surface area contributed by atoms with Gasteiger partial charge in [0.15, 0.2) is 0 Å². The van der Waals surface area contributed by atoms with Gasteiger partial charge in [0.2, 0.25) is 0 Å². The predicted molar refractivity (Wildman–Crippen MR) is 47.1 cm³/mol. The number of para-hydroxylation sites is 1. The van der Waals surface area contributed by atoms with Gasteiger partial charge in [-0.25, -0.2) is 8.42 Å². The molecular formula is C8H7F3O3S. The van der Waals surface area contributed by atoms with E-state index in [1.54, 1.807) is 0 Å². The molecule has 1 aromatic rings. The number of alkyl halides is 3. The highest BCUT2D eigenvalue weighted by atomic mass is 32.2. The lowest BCUT2D eigenvalue weighted by Crippen LogP contribution is -2.18. The Kier molecular flexibility index (Phi) is 3.57. The predicted octanol–water partition coefficient (Wildman–Crippen LogP) is 1.70. The van der Waals surface area contributed by atoms with Crippen LogP contribution in [0.4, 0.5) is 13.2 Å². The number of rotatable bonds is 3. The summed E-state index contributed by atoms with van der Waals surface area (Å²) in [4.78, 5) is 0. The fourth-order valence-electron chi connectivity index (χ4n) is 0.998. The first-order valence-electron chi connectivity index (χ1n) is 3.84. The van der Waals surface area contributed by atoms with Crippen LogP contribution in [-0.4, -0.2) is 14.8 Å². The third-order valence-corrected chi connectivity index (χ3v) is 2.10. The summed E-state index contributed by atoms with van der Waals surface area (Å²) in [6.07, 6.45) is -4.81. The summed E-state index contributed by atoms with van der Waals surface area (Å²) < 4.78 is 60.1. The Morgan fingerprint density at radius 1 is 1.20 bits per heavy atom. The molecule has 7 heteroatoms. The normalized spacial score (nSPS) is 11.7. The zero-order chi connectivity index (χ0) is 11.5. The number of halogens is 3. The minimum absolute atomic E-state index is 0.00839. The van der Waals surface area contributed by atoms with Crippen LogP contribution in [0.15, 0.2) is 24.3 Å². The Hall–Kier alpha value is -1.24. The van der Waals surface area contributed by atoms with Crippen molar-refractivity contribution < 1.29 is 26.3 Å². The van der Waals surface area contributed by atoms with Gasteiger partial charge in [-0.1, -0.05) is 18.2 Å². The molecule has 0 saturated carbocycles. The second kappa shape index (κ2) is 4.52. The van der Waals surface area contributed by atoms with E-state index in [1.165, 1.54) is 18.2 Å². The van der Waals surface area contributed by atoms with Crippen molar-refractivity contribution in [3.8, 4) is 5.75 Å². The first-order valence-corrected chi connectivity index (χ1v) is 5.20. The number of ether oxygens (including phenoxy) is 1. The summed E-state index contributed by atoms with van der Waals surface area (Å²) in [5, 5.41) is 0. The van der Waals surface area contributed by atoms with Crippen LogP contribution in [0.2, 0.25) is 0 Å². The van der Waals surface area contributed by atoms with Gasteiger partial charge < -0.3 is 4.74 Å². The molecule has 0 aromatic heterocycles. The maximum atomic E-state index is 11.9. The molecule has 0 aliphatic heterocycles. The van der Waals surface area contributed by atoms with E-state index in [9.17, 15) is 21.6 Å². The molecule has 0 radical (unpaired) electrons. The number of thiol groups is 1. The van der Waals surface area contributed by atoms with E-state index in [1.807, 2.05) is 0 Å². The molecule has 0 spiro atoms. The highest BCUT2D eigenvalue weighted by molar-refractivity contribution is 7.71. The van der Waals surface area contributed by atoms with E-state index in [0.717, 1.165) is 6.07 Å². The molecule has 0 heterocycles. The van der Waals surface area contributed by atoms with Gasteiger partial charge in [-0.05, 0) is 6.07 Å². The highest BCUT2D eigenvalue weighted by Gasteiger charge is 2.31. The average molecular weight is 240 g/mol. The van der Waals surface area contributed by atoms with Crippen LogP contribution in [0.3, 0.4) is 0 Å². The summed E-state index contributed by atoms with van der Waals surface area (Å²) in [6.45, 7) is 0. The summed E-state index contributed by atoms with van der Waals surface area (Å²) in [6, 6.07) is 5.12. The van der Waals surface area contributed by atoms with Gasteiger partial charge in [0.1, 0.15) is 16.5 Å². The van der Waals surface area contributed by atoms with Gasteiger partial charge in [0.25, 0.3) is 0 Å². The van der Waals surface area contributed by atoms with Crippen molar-refractivity contribution >= 4 is 10.7 Å². The maximum Gasteiger partial charge on any atom is 0.573 e. The molecule has 15 heavy (non-hydrogen) atoms. The lowest BCUT2D eigenvalue weighted by molar-refractivity contribution is -0.274. The minimum atomic E-state index is -4.81. The zero-order valence-electron chi connectivity index (χ0n) is 7.32. The Labute approximate surface area is 85.4 Å². The maximum absolute atomic E-state index is 11.9. The van der Waals surface area contributed by atoms with Gasteiger partial charge in [-0.15, -0.1) is 13.2 Å². The van der Waals surface area contributed by atoms with Crippen molar-refractivity contribution in [1.82, 2.24) is 0 Å². The van der Waals surface area contributed by atoms with Crippen molar-refractivity contribution in [3.05, 3.63) is 29.8 Å². The third kappa shape index (κ3) is 4.20. The lowest BCUT2D eigenvalue weighted by atomic mass is 10.2. The molecule has 0 aliphatic carbocycles. The average Bonchev–Trinajstić information content (AvgIpc) is 2.05. The molecule has 84 valence electrons. The fourth-order valence-corrected chi connectivity index (χ4v) is 1.54. The lowest BCUT2D eigenvalue weighted by Gasteiger charge is -2.11. The van der Waals surface area contributed by atoms with E-state index in [4.69, 9.17) is 0 Å². The molecule has 0 saturated heterocycles. The first kappa shape index (κ1) is 11.8. The molecule has 0 fully saturated rings. The summed E-state index contributed by atoms with van der Waals surface area (Å²) in [7, 11) is -2.78. The van der Waals surface area contributed by atoms with Crippen molar-refractivity contribution in [1.29, 1.82) is 0 Å². The number of hydrogen-bond donors (Lipinski definition) is 1. The van der Waals surface area contributed by atoms with Gasteiger partial charge in [0.05, 0.1) is 5.75 Å². The van der Waals surface area contributed by atoms with E-state index in [2.05, 4.69) is 4.74 Å². The Balaban J connectivity index is 2.96. The number of hydrogen-bond acceptors (Lipinski definition) is 3. The van der Waals surface area contributed by atoms with E-state index < -0.39 is 28.6 Å². The summed E-state index contributed by atoms with van der Waals surface area (Å²) in [5.41, 5.74) is -0.00839. The van der Waals surface area contributed by atoms with E-state index in [0.29, 0.717) is 0 Å². The Morgan fingerprint density at radius 2 is 1.80 bits per heavy atom. The second-order valence-electron chi connectivity index (χ2n) is 2.65. The largest absolute Gasteiger partial charge is 0.573 e. The standard InChI is InChI=1S/C8H7F3O3S/c9-8(10,11)14-7-4-2-1-3-6(7)5-15(12)13/h1-4,15H,5H2. The molecular weight excluding hydrogens is 233 g/mol. The summed E-state index contributed by atoms with van der Waals surface area (Å²) >= 11 is 0. The second-order valence-corrected chi connectivity index (χ2v) is 3.63. The van der Waals surface area contributed by atoms with Crippen molar-refractivity contribution in [2.24, 2.45) is 0 Å². The van der Waals surface area contributed by atoms with E-state index >= 15 is 0 Å². The van der Waals surface area contributed by atoms with Gasteiger partial charge >= 0.3 is 6.36 Å². The SMILES string of the molecule is O=[SH](=O)Cc1ccccc1OC(F)(F)F. The molecule has 3 nitrogen and oxygen atoms in total. The molecule has 0 amide bonds. The fraction of sp³-hybridized carbons (Fsp3) is 0.250. The quantitative estimate of drug-likeness (QED) is 0.818. The van der Waals surface area contributed by atoms with Crippen molar-refractivity contribution in [2.75, 3.05) is 0 Å². The molecule has 1 aromatic carbocycles. The number of benzene rings is 1. The molecule has 0 aliphatic rings. The molecule has 0 N–H and O–H groups in total. The van der Waals surface area contributed by atoms with Crippen molar-refractivity contribution in [2.45, 2.75) is 12.1 Å². The molecule has 0 unspecified atom stereocenters. The van der Waals surface area contributed by atoms with Crippen LogP contribution in [0, 0.1) is 0 Å². The smallest absolute Gasteiger partial charge is 0.405 e. The van der Waals surface area contributed by atoms with Crippen LogP contribution in [0.25, 0.3) is 0 Å². The molecule has 0 atom stereocenters. The molecule has 0 bridgehead atoms. The van der Waals surface area contributed by atoms with Crippen LogP contribution in [0.5, 0.6) is 5.75 Å². The van der Waals surface area contributed by atoms with Crippen LogP contribution in [-0.2, 0) is 16.5 Å².